The number of hydrogen-bond donors (Lipinski definition) is 0. The van der Waals surface area contributed by atoms with E-state index in [-0.39, 0.29) is 11.9 Å². The Morgan fingerprint density at radius 3 is 3.12 bits per heavy atom. The second-order valence-corrected chi connectivity index (χ2v) is 4.13. The van der Waals surface area contributed by atoms with Crippen molar-refractivity contribution in [3.63, 3.8) is 0 Å². The smallest absolute Gasteiger partial charge is 0.310 e. The summed E-state index contributed by atoms with van der Waals surface area (Å²) in [5, 5.41) is 0. The summed E-state index contributed by atoms with van der Waals surface area (Å²) in [6, 6.07) is 0. The molecular weight excluding hydrogens is 204 g/mol. The summed E-state index contributed by atoms with van der Waals surface area (Å²) in [5.74, 6) is -0.0148. The number of nitrogens with zero attached hydrogens (tertiary/aromatic N) is 2. The van der Waals surface area contributed by atoms with Crippen molar-refractivity contribution in [1.82, 2.24) is 4.90 Å². The Hall–Kier alpha value is -1.08. The fourth-order valence-corrected chi connectivity index (χ4v) is 2.08. The van der Waals surface area contributed by atoms with Crippen molar-refractivity contribution in [3.8, 4) is 0 Å². The number of rotatable bonds is 5. The summed E-state index contributed by atoms with van der Waals surface area (Å²) in [5.41, 5.74) is 0. The quantitative estimate of drug-likeness (QED) is 0.404. The molecule has 0 spiro atoms. The average Bonchev–Trinajstić information content (AvgIpc) is 2.30. The number of esters is 1. The van der Waals surface area contributed by atoms with Crippen LogP contribution >= 0.6 is 0 Å². The van der Waals surface area contributed by atoms with Crippen LogP contribution in [-0.4, -0.2) is 43.7 Å². The lowest BCUT2D eigenvalue weighted by atomic mass is 9.98. The van der Waals surface area contributed by atoms with E-state index in [2.05, 4.69) is 9.74 Å². The predicted octanol–water partition coefficient (Wildman–Crippen LogP) is 1.57. The molecule has 1 fully saturated rings. The summed E-state index contributed by atoms with van der Waals surface area (Å²) >= 11 is 0. The first-order valence-corrected chi connectivity index (χ1v) is 6.00. The van der Waals surface area contributed by atoms with Crippen molar-refractivity contribution in [3.05, 3.63) is 11.4 Å². The van der Waals surface area contributed by atoms with Gasteiger partial charge in [0, 0.05) is 19.5 Å². The molecule has 4 nitrogen and oxygen atoms in total. The Bertz CT molecular complexity index is 260. The van der Waals surface area contributed by atoms with Gasteiger partial charge in [0.15, 0.2) is 0 Å². The lowest BCUT2D eigenvalue weighted by Crippen LogP contribution is -2.39. The van der Waals surface area contributed by atoms with E-state index in [0.29, 0.717) is 13.2 Å². The van der Waals surface area contributed by atoms with E-state index in [9.17, 15) is 4.79 Å². The van der Waals surface area contributed by atoms with Gasteiger partial charge in [-0.15, -0.1) is 0 Å². The summed E-state index contributed by atoms with van der Waals surface area (Å²) in [6.07, 6.45) is 2.90. The molecule has 16 heavy (non-hydrogen) atoms. The predicted molar refractivity (Wildman–Crippen MR) is 61.9 cm³/mol. The fraction of sp³-hybridized carbons (Fsp3) is 0.833. The van der Waals surface area contributed by atoms with E-state index >= 15 is 0 Å². The molecule has 1 heterocycles. The van der Waals surface area contributed by atoms with E-state index in [4.69, 9.17) is 11.3 Å². The first kappa shape index (κ1) is 13.0. The molecule has 0 aliphatic carbocycles. The number of piperidine rings is 1. The summed E-state index contributed by atoms with van der Waals surface area (Å²) in [7, 11) is 0. The minimum Gasteiger partial charge on any atom is -0.466 e. The Morgan fingerprint density at radius 1 is 1.62 bits per heavy atom. The lowest BCUT2D eigenvalue weighted by molar-refractivity contribution is -0.149. The third-order valence-electron chi connectivity index (χ3n) is 2.87. The molecular formula is C12H20N2O2. The molecule has 0 amide bonds. The van der Waals surface area contributed by atoms with Crippen LogP contribution in [0.25, 0.3) is 4.85 Å². The van der Waals surface area contributed by atoms with Crippen molar-refractivity contribution in [2.75, 3.05) is 32.8 Å². The summed E-state index contributed by atoms with van der Waals surface area (Å²) in [6.45, 7) is 12.4. The minimum atomic E-state index is -0.0580. The average molecular weight is 224 g/mol. The first-order chi connectivity index (χ1) is 7.77. The third kappa shape index (κ3) is 4.19. The van der Waals surface area contributed by atoms with Crippen LogP contribution in [0, 0.1) is 12.5 Å². The molecule has 0 N–H and O–H groups in total. The summed E-state index contributed by atoms with van der Waals surface area (Å²) in [4.78, 5) is 17.2. The van der Waals surface area contributed by atoms with E-state index in [1.807, 2.05) is 6.92 Å². The van der Waals surface area contributed by atoms with Crippen LogP contribution in [-0.2, 0) is 9.53 Å². The van der Waals surface area contributed by atoms with Crippen molar-refractivity contribution >= 4 is 5.97 Å². The van der Waals surface area contributed by atoms with Gasteiger partial charge in [0.25, 0.3) is 0 Å². The minimum absolute atomic E-state index is 0.0432. The van der Waals surface area contributed by atoms with Gasteiger partial charge in [-0.05, 0) is 26.3 Å². The second-order valence-electron chi connectivity index (χ2n) is 4.13. The van der Waals surface area contributed by atoms with Gasteiger partial charge in [0.2, 0.25) is 6.54 Å². The molecule has 1 aliphatic rings. The van der Waals surface area contributed by atoms with E-state index in [1.54, 1.807) is 0 Å². The van der Waals surface area contributed by atoms with Gasteiger partial charge < -0.3 is 14.5 Å². The zero-order valence-electron chi connectivity index (χ0n) is 9.95. The van der Waals surface area contributed by atoms with Crippen LogP contribution in [0.3, 0.4) is 0 Å². The molecule has 0 saturated carbocycles. The molecule has 0 unspecified atom stereocenters. The van der Waals surface area contributed by atoms with E-state index in [1.165, 1.54) is 0 Å². The molecule has 4 heteroatoms. The van der Waals surface area contributed by atoms with Gasteiger partial charge in [-0.2, -0.15) is 0 Å². The van der Waals surface area contributed by atoms with Crippen LogP contribution in [0.1, 0.15) is 26.2 Å². The van der Waals surface area contributed by atoms with Crippen LogP contribution in [0.2, 0.25) is 0 Å². The Balaban J connectivity index is 2.29. The molecule has 0 aromatic heterocycles. The highest BCUT2D eigenvalue weighted by atomic mass is 16.5. The SMILES string of the molecule is [C-]#[N+]CCCN1CCC[C@@H](C(=O)OCC)C1. The number of hydrogen-bond acceptors (Lipinski definition) is 3. The Kier molecular flexibility index (Phi) is 5.87. The standard InChI is InChI=1S/C12H20N2O2/c1-3-16-12(15)11-6-4-8-14(10-11)9-5-7-13-2/h11H,3-10H2,1H3/t11-/m1/s1. The highest BCUT2D eigenvalue weighted by Gasteiger charge is 2.26. The van der Waals surface area contributed by atoms with Gasteiger partial charge >= 0.3 is 5.97 Å². The molecule has 0 bridgehead atoms. The maximum absolute atomic E-state index is 11.6. The Morgan fingerprint density at radius 2 is 2.44 bits per heavy atom. The highest BCUT2D eigenvalue weighted by Crippen LogP contribution is 2.17. The molecule has 0 radical (unpaired) electrons. The third-order valence-corrected chi connectivity index (χ3v) is 2.87. The zero-order chi connectivity index (χ0) is 11.8. The largest absolute Gasteiger partial charge is 0.466 e. The van der Waals surface area contributed by atoms with Gasteiger partial charge in [-0.25, -0.2) is 6.57 Å². The van der Waals surface area contributed by atoms with Crippen LogP contribution in [0.15, 0.2) is 0 Å². The molecule has 0 aromatic carbocycles. The molecule has 1 saturated heterocycles. The number of carbonyl (C=O) groups is 1. The molecule has 1 atom stereocenters. The monoisotopic (exact) mass is 224 g/mol. The van der Waals surface area contributed by atoms with E-state index in [0.717, 1.165) is 38.9 Å². The van der Waals surface area contributed by atoms with Crippen molar-refractivity contribution in [1.29, 1.82) is 0 Å². The van der Waals surface area contributed by atoms with Crippen LogP contribution < -0.4 is 0 Å². The molecule has 90 valence electrons. The van der Waals surface area contributed by atoms with Gasteiger partial charge in [-0.3, -0.25) is 4.79 Å². The Labute approximate surface area is 97.4 Å². The molecule has 1 rings (SSSR count). The highest BCUT2D eigenvalue weighted by molar-refractivity contribution is 5.72. The first-order valence-electron chi connectivity index (χ1n) is 6.00. The lowest BCUT2D eigenvalue weighted by Gasteiger charge is -2.30. The maximum Gasteiger partial charge on any atom is 0.310 e. The van der Waals surface area contributed by atoms with Crippen molar-refractivity contribution < 1.29 is 9.53 Å². The maximum atomic E-state index is 11.6. The topological polar surface area (TPSA) is 33.9 Å². The molecule has 0 aromatic rings. The van der Waals surface area contributed by atoms with Crippen LogP contribution in [0.5, 0.6) is 0 Å². The van der Waals surface area contributed by atoms with Gasteiger partial charge in [0.1, 0.15) is 0 Å². The second kappa shape index (κ2) is 7.24. The van der Waals surface area contributed by atoms with Crippen molar-refractivity contribution in [2.45, 2.75) is 26.2 Å². The van der Waals surface area contributed by atoms with Gasteiger partial charge in [0.05, 0.1) is 12.5 Å². The van der Waals surface area contributed by atoms with Gasteiger partial charge in [-0.1, -0.05) is 0 Å². The normalized spacial score (nSPS) is 21.4. The number of carbonyl (C=O) groups excluding carboxylic acids is 1. The molecule has 1 aliphatic heterocycles. The zero-order valence-corrected chi connectivity index (χ0v) is 9.95. The number of ether oxygens (including phenoxy) is 1. The van der Waals surface area contributed by atoms with Crippen molar-refractivity contribution in [2.24, 2.45) is 5.92 Å². The summed E-state index contributed by atoms with van der Waals surface area (Å²) < 4.78 is 5.04. The van der Waals surface area contributed by atoms with E-state index < -0.39 is 0 Å². The number of likely N-dealkylation sites (tertiary alicyclic amines) is 1. The van der Waals surface area contributed by atoms with Crippen LogP contribution in [0.4, 0.5) is 0 Å². The fourth-order valence-electron chi connectivity index (χ4n) is 2.08.